The summed E-state index contributed by atoms with van der Waals surface area (Å²) in [4.78, 5) is 29.3. The van der Waals surface area contributed by atoms with Crippen molar-refractivity contribution < 1.29 is 14.3 Å². The van der Waals surface area contributed by atoms with Crippen molar-refractivity contribution in [3.63, 3.8) is 0 Å². The number of hydrogen-bond acceptors (Lipinski definition) is 3. The fourth-order valence-electron chi connectivity index (χ4n) is 4.93. The molecule has 37 heavy (non-hydrogen) atoms. The lowest BCUT2D eigenvalue weighted by Gasteiger charge is -2.33. The molecule has 2 amide bonds. The number of nitrogens with one attached hydrogen (secondary N) is 1. The van der Waals surface area contributed by atoms with E-state index in [2.05, 4.69) is 5.32 Å². The van der Waals surface area contributed by atoms with Crippen LogP contribution in [0.25, 0.3) is 0 Å². The Labute approximate surface area is 220 Å². The van der Waals surface area contributed by atoms with Gasteiger partial charge in [0.25, 0.3) is 5.91 Å². The Bertz CT molecular complexity index is 1150. The van der Waals surface area contributed by atoms with Crippen LogP contribution < -0.4 is 10.1 Å². The fourth-order valence-corrected chi connectivity index (χ4v) is 4.93. The summed E-state index contributed by atoms with van der Waals surface area (Å²) in [6.45, 7) is 4.27. The lowest BCUT2D eigenvalue weighted by molar-refractivity contribution is -0.143. The van der Waals surface area contributed by atoms with E-state index >= 15 is 0 Å². The molecular formula is C32H38N2O3. The molecule has 4 rings (SSSR count). The molecule has 1 aliphatic rings. The summed E-state index contributed by atoms with van der Waals surface area (Å²) in [6, 6.07) is 25.1. The predicted octanol–water partition coefficient (Wildman–Crippen LogP) is 5.77. The number of carbonyl (C=O) groups excluding carboxylic acids is 2. The molecule has 0 spiro atoms. The molecule has 5 nitrogen and oxygen atoms in total. The molecule has 0 saturated heterocycles. The van der Waals surface area contributed by atoms with Gasteiger partial charge in [0.2, 0.25) is 5.91 Å². The van der Waals surface area contributed by atoms with E-state index in [1.54, 1.807) is 4.90 Å². The smallest absolute Gasteiger partial charge is 0.261 e. The van der Waals surface area contributed by atoms with Crippen LogP contribution in [0, 0.1) is 13.8 Å². The van der Waals surface area contributed by atoms with Gasteiger partial charge in [-0.1, -0.05) is 91.6 Å². The van der Waals surface area contributed by atoms with Gasteiger partial charge in [-0.25, -0.2) is 0 Å². The molecule has 194 valence electrons. The van der Waals surface area contributed by atoms with Gasteiger partial charge < -0.3 is 15.0 Å². The highest BCUT2D eigenvalue weighted by atomic mass is 16.5. The van der Waals surface area contributed by atoms with Crippen LogP contribution >= 0.6 is 0 Å². The number of nitrogens with zero attached hydrogens (tertiary/aromatic N) is 1. The molecule has 1 saturated carbocycles. The van der Waals surface area contributed by atoms with Crippen molar-refractivity contribution in [2.45, 2.75) is 71.0 Å². The molecule has 0 bridgehead atoms. The molecule has 0 unspecified atom stereocenters. The van der Waals surface area contributed by atoms with Crippen LogP contribution in [0.4, 0.5) is 0 Å². The summed E-state index contributed by atoms with van der Waals surface area (Å²) < 4.78 is 5.88. The molecule has 3 aromatic carbocycles. The number of aryl methyl sites for hydroxylation is 2. The second kappa shape index (κ2) is 13.1. The maximum atomic E-state index is 13.8. The van der Waals surface area contributed by atoms with Gasteiger partial charge in [-0.2, -0.15) is 0 Å². The van der Waals surface area contributed by atoms with Crippen LogP contribution in [0.15, 0.2) is 78.9 Å². The Hall–Kier alpha value is -3.60. The molecule has 1 fully saturated rings. The monoisotopic (exact) mass is 498 g/mol. The number of rotatable bonds is 10. The van der Waals surface area contributed by atoms with E-state index in [0.717, 1.165) is 47.9 Å². The van der Waals surface area contributed by atoms with Gasteiger partial charge in [-0.15, -0.1) is 0 Å². The summed E-state index contributed by atoms with van der Waals surface area (Å²) >= 11 is 0. The standard InChI is InChI=1S/C32H38N2O3/c1-24-17-19-29(20-18-24)37-23-31(35)34(22-27-14-10-9-11-25(27)2)30(21-26-12-5-3-6-13-26)32(36)33-28-15-7-4-8-16-28/h3,5-6,9-14,17-20,28,30H,4,7-8,15-16,21-23H2,1-2H3,(H,33,36)/t30-/m0/s1. The van der Waals surface area contributed by atoms with E-state index in [1.807, 2.05) is 92.7 Å². The molecule has 0 radical (unpaired) electrons. The van der Waals surface area contributed by atoms with E-state index < -0.39 is 6.04 Å². The van der Waals surface area contributed by atoms with Crippen molar-refractivity contribution in [1.82, 2.24) is 10.2 Å². The Morgan fingerprint density at radius 2 is 1.57 bits per heavy atom. The van der Waals surface area contributed by atoms with E-state index in [0.29, 0.717) is 18.7 Å². The third kappa shape index (κ3) is 7.69. The van der Waals surface area contributed by atoms with Crippen LogP contribution in [0.1, 0.15) is 54.4 Å². The zero-order valence-electron chi connectivity index (χ0n) is 22.0. The Morgan fingerprint density at radius 3 is 2.27 bits per heavy atom. The number of benzene rings is 3. The van der Waals surface area contributed by atoms with Crippen molar-refractivity contribution in [2.75, 3.05) is 6.61 Å². The minimum absolute atomic E-state index is 0.0898. The summed E-state index contributed by atoms with van der Waals surface area (Å²) in [5, 5.41) is 3.28. The van der Waals surface area contributed by atoms with Crippen molar-refractivity contribution in [2.24, 2.45) is 0 Å². The topological polar surface area (TPSA) is 58.6 Å². The highest BCUT2D eigenvalue weighted by Gasteiger charge is 2.32. The summed E-state index contributed by atoms with van der Waals surface area (Å²) in [5.74, 6) is 0.345. The number of amides is 2. The SMILES string of the molecule is Cc1ccc(OCC(=O)N(Cc2ccccc2C)[C@@H](Cc2ccccc2)C(=O)NC2CCCCC2)cc1. The van der Waals surface area contributed by atoms with Crippen molar-refractivity contribution >= 4 is 11.8 Å². The largest absolute Gasteiger partial charge is 0.484 e. The summed E-state index contributed by atoms with van der Waals surface area (Å²) in [5.41, 5.74) is 4.26. The zero-order valence-corrected chi connectivity index (χ0v) is 22.0. The average molecular weight is 499 g/mol. The van der Waals surface area contributed by atoms with Gasteiger partial charge in [0, 0.05) is 19.0 Å². The Kier molecular flexibility index (Phi) is 9.36. The lowest BCUT2D eigenvalue weighted by atomic mass is 9.94. The molecule has 1 atom stereocenters. The Balaban J connectivity index is 1.61. The molecule has 1 aliphatic carbocycles. The third-order valence-corrected chi connectivity index (χ3v) is 7.21. The molecule has 0 heterocycles. The fraction of sp³-hybridized carbons (Fsp3) is 0.375. The number of carbonyl (C=O) groups is 2. The molecule has 0 aliphatic heterocycles. The second-order valence-corrected chi connectivity index (χ2v) is 10.1. The Morgan fingerprint density at radius 1 is 0.892 bits per heavy atom. The van der Waals surface area contributed by atoms with E-state index in [4.69, 9.17) is 4.74 Å². The third-order valence-electron chi connectivity index (χ3n) is 7.21. The first-order valence-electron chi connectivity index (χ1n) is 13.4. The van der Waals surface area contributed by atoms with Crippen LogP contribution in [0.2, 0.25) is 0 Å². The predicted molar refractivity (Wildman–Crippen MR) is 147 cm³/mol. The van der Waals surface area contributed by atoms with Crippen LogP contribution in [0.3, 0.4) is 0 Å². The summed E-state index contributed by atoms with van der Waals surface area (Å²) in [7, 11) is 0. The molecule has 0 aromatic heterocycles. The number of hydrogen-bond donors (Lipinski definition) is 1. The first-order chi connectivity index (χ1) is 18.0. The maximum Gasteiger partial charge on any atom is 0.261 e. The van der Waals surface area contributed by atoms with Gasteiger partial charge in [-0.3, -0.25) is 9.59 Å². The van der Waals surface area contributed by atoms with Gasteiger partial charge in [0.05, 0.1) is 0 Å². The molecule has 3 aromatic rings. The second-order valence-electron chi connectivity index (χ2n) is 10.1. The van der Waals surface area contributed by atoms with Crippen molar-refractivity contribution in [3.05, 3.63) is 101 Å². The van der Waals surface area contributed by atoms with Gasteiger partial charge >= 0.3 is 0 Å². The van der Waals surface area contributed by atoms with Crippen LogP contribution in [0.5, 0.6) is 5.75 Å². The van der Waals surface area contributed by atoms with E-state index in [9.17, 15) is 9.59 Å². The molecular weight excluding hydrogens is 460 g/mol. The maximum absolute atomic E-state index is 13.8. The molecule has 1 N–H and O–H groups in total. The van der Waals surface area contributed by atoms with Crippen molar-refractivity contribution in [1.29, 1.82) is 0 Å². The first kappa shape index (κ1) is 26.5. The highest BCUT2D eigenvalue weighted by Crippen LogP contribution is 2.21. The van der Waals surface area contributed by atoms with Crippen LogP contribution in [-0.4, -0.2) is 35.4 Å². The quantitative estimate of drug-likeness (QED) is 0.386. The lowest BCUT2D eigenvalue weighted by Crippen LogP contribution is -2.53. The van der Waals surface area contributed by atoms with E-state index in [-0.39, 0.29) is 24.5 Å². The van der Waals surface area contributed by atoms with Gasteiger partial charge in [0.1, 0.15) is 11.8 Å². The summed E-state index contributed by atoms with van der Waals surface area (Å²) in [6.07, 6.45) is 5.91. The molecule has 5 heteroatoms. The van der Waals surface area contributed by atoms with Crippen molar-refractivity contribution in [3.8, 4) is 5.75 Å². The minimum Gasteiger partial charge on any atom is -0.484 e. The number of ether oxygens (including phenoxy) is 1. The van der Waals surface area contributed by atoms with Gasteiger partial charge in [-0.05, 0) is 55.5 Å². The minimum atomic E-state index is -0.641. The first-order valence-corrected chi connectivity index (χ1v) is 13.4. The van der Waals surface area contributed by atoms with E-state index in [1.165, 1.54) is 6.42 Å². The van der Waals surface area contributed by atoms with Crippen LogP contribution in [-0.2, 0) is 22.6 Å². The average Bonchev–Trinajstić information content (AvgIpc) is 2.92. The normalized spacial score (nSPS) is 14.5. The highest BCUT2D eigenvalue weighted by molar-refractivity contribution is 5.88. The van der Waals surface area contributed by atoms with Gasteiger partial charge in [0.15, 0.2) is 6.61 Å². The zero-order chi connectivity index (χ0) is 26.0.